The molecular formula is C11H12O4. The van der Waals surface area contributed by atoms with Crippen molar-refractivity contribution in [1.29, 1.82) is 0 Å². The maximum absolute atomic E-state index is 11.7. The maximum atomic E-state index is 11.7. The van der Waals surface area contributed by atoms with E-state index in [2.05, 4.69) is 0 Å². The SMILES string of the molecule is Cc1oc2c(c1C)C(=O)CC(C(=O)O)C2. The summed E-state index contributed by atoms with van der Waals surface area (Å²) in [5, 5.41) is 8.86. The van der Waals surface area contributed by atoms with Gasteiger partial charge in [-0.25, -0.2) is 0 Å². The lowest BCUT2D eigenvalue weighted by Crippen LogP contribution is -2.25. The number of furan rings is 1. The number of aliphatic carboxylic acids is 1. The van der Waals surface area contributed by atoms with E-state index in [0.717, 1.165) is 5.56 Å². The first kappa shape index (κ1) is 9.96. The molecule has 0 radical (unpaired) electrons. The number of aryl methyl sites for hydroxylation is 1. The lowest BCUT2D eigenvalue weighted by atomic mass is 9.86. The maximum Gasteiger partial charge on any atom is 0.307 e. The number of hydrogen-bond acceptors (Lipinski definition) is 3. The second kappa shape index (κ2) is 3.22. The normalized spacial score (nSPS) is 20.1. The Morgan fingerprint density at radius 3 is 2.67 bits per heavy atom. The summed E-state index contributed by atoms with van der Waals surface area (Å²) in [6.07, 6.45) is 0.410. The van der Waals surface area contributed by atoms with Crippen LogP contribution in [-0.2, 0) is 11.2 Å². The van der Waals surface area contributed by atoms with Crippen LogP contribution in [-0.4, -0.2) is 16.9 Å². The highest BCUT2D eigenvalue weighted by Gasteiger charge is 2.34. The number of carbonyl (C=O) groups is 2. The van der Waals surface area contributed by atoms with Gasteiger partial charge in [0.05, 0.1) is 11.5 Å². The molecule has 1 aliphatic carbocycles. The van der Waals surface area contributed by atoms with Crippen molar-refractivity contribution in [3.05, 3.63) is 22.6 Å². The average Bonchev–Trinajstić information content (AvgIpc) is 2.42. The van der Waals surface area contributed by atoms with E-state index < -0.39 is 11.9 Å². The van der Waals surface area contributed by atoms with Gasteiger partial charge in [-0.1, -0.05) is 0 Å². The number of carbonyl (C=O) groups excluding carboxylic acids is 1. The van der Waals surface area contributed by atoms with Gasteiger partial charge < -0.3 is 9.52 Å². The van der Waals surface area contributed by atoms with E-state index in [-0.39, 0.29) is 12.2 Å². The summed E-state index contributed by atoms with van der Waals surface area (Å²) in [6, 6.07) is 0. The molecule has 0 fully saturated rings. The molecule has 80 valence electrons. The number of hydrogen-bond donors (Lipinski definition) is 1. The molecule has 0 aromatic carbocycles. The standard InChI is InChI=1S/C11H12O4/c1-5-6(2)15-9-4-7(11(13)14)3-8(12)10(5)9/h7H,3-4H2,1-2H3,(H,13,14). The van der Waals surface area contributed by atoms with Gasteiger partial charge in [-0.3, -0.25) is 9.59 Å². The molecule has 1 aromatic rings. The second-order valence-electron chi connectivity index (χ2n) is 3.95. The highest BCUT2D eigenvalue weighted by atomic mass is 16.4. The summed E-state index contributed by atoms with van der Waals surface area (Å²) in [5.74, 6) is -0.429. The van der Waals surface area contributed by atoms with Gasteiger partial charge in [0.1, 0.15) is 11.5 Å². The fraction of sp³-hybridized carbons (Fsp3) is 0.455. The molecule has 0 aliphatic heterocycles. The molecule has 4 nitrogen and oxygen atoms in total. The van der Waals surface area contributed by atoms with Gasteiger partial charge in [0.15, 0.2) is 5.78 Å². The van der Waals surface area contributed by atoms with Crippen molar-refractivity contribution in [2.45, 2.75) is 26.7 Å². The topological polar surface area (TPSA) is 67.5 Å². The molecule has 4 heteroatoms. The smallest absolute Gasteiger partial charge is 0.307 e. The summed E-state index contributed by atoms with van der Waals surface area (Å²) < 4.78 is 5.40. The van der Waals surface area contributed by atoms with Crippen molar-refractivity contribution in [1.82, 2.24) is 0 Å². The third-order valence-corrected chi connectivity index (χ3v) is 2.95. The van der Waals surface area contributed by atoms with Gasteiger partial charge >= 0.3 is 5.97 Å². The molecule has 1 aliphatic rings. The Morgan fingerprint density at radius 2 is 2.07 bits per heavy atom. The molecule has 1 N–H and O–H groups in total. The lowest BCUT2D eigenvalue weighted by molar-refractivity contribution is -0.141. The molecule has 1 unspecified atom stereocenters. The van der Waals surface area contributed by atoms with Crippen LogP contribution in [0.15, 0.2) is 4.42 Å². The van der Waals surface area contributed by atoms with Crippen LogP contribution < -0.4 is 0 Å². The average molecular weight is 208 g/mol. The van der Waals surface area contributed by atoms with Crippen LogP contribution in [0, 0.1) is 19.8 Å². The first-order valence-electron chi connectivity index (χ1n) is 4.85. The number of carboxylic acids is 1. The van der Waals surface area contributed by atoms with E-state index >= 15 is 0 Å². The van der Waals surface area contributed by atoms with Gasteiger partial charge in [0.25, 0.3) is 0 Å². The fourth-order valence-electron chi connectivity index (χ4n) is 2.00. The zero-order valence-corrected chi connectivity index (χ0v) is 8.66. The third-order valence-electron chi connectivity index (χ3n) is 2.95. The van der Waals surface area contributed by atoms with E-state index in [1.807, 2.05) is 6.92 Å². The second-order valence-corrected chi connectivity index (χ2v) is 3.95. The summed E-state index contributed by atoms with van der Waals surface area (Å²) in [4.78, 5) is 22.5. The van der Waals surface area contributed by atoms with Gasteiger partial charge in [-0.05, 0) is 13.8 Å². The minimum absolute atomic E-state index is 0.0855. The Hall–Kier alpha value is -1.58. The molecular weight excluding hydrogens is 196 g/mol. The summed E-state index contributed by atoms with van der Waals surface area (Å²) in [7, 11) is 0. The van der Waals surface area contributed by atoms with Crippen molar-refractivity contribution in [3.8, 4) is 0 Å². The van der Waals surface area contributed by atoms with Crippen molar-refractivity contribution < 1.29 is 19.1 Å². The van der Waals surface area contributed by atoms with Crippen LogP contribution in [0.1, 0.15) is 33.9 Å². The molecule has 1 heterocycles. The van der Waals surface area contributed by atoms with Crippen molar-refractivity contribution in [3.63, 3.8) is 0 Å². The first-order chi connectivity index (χ1) is 7.00. The zero-order valence-electron chi connectivity index (χ0n) is 8.66. The predicted molar refractivity (Wildman–Crippen MR) is 52.0 cm³/mol. The predicted octanol–water partition coefficient (Wildman–Crippen LogP) is 1.73. The van der Waals surface area contributed by atoms with E-state index in [1.54, 1.807) is 6.92 Å². The third kappa shape index (κ3) is 1.46. The molecule has 0 saturated heterocycles. The van der Waals surface area contributed by atoms with Crippen LogP contribution >= 0.6 is 0 Å². The number of Topliss-reactive ketones (excluding diaryl/α,β-unsaturated/α-hetero) is 1. The van der Waals surface area contributed by atoms with Gasteiger partial charge in [-0.15, -0.1) is 0 Å². The molecule has 0 bridgehead atoms. The zero-order chi connectivity index (χ0) is 11.2. The van der Waals surface area contributed by atoms with Crippen LogP contribution in [0.4, 0.5) is 0 Å². The Morgan fingerprint density at radius 1 is 1.40 bits per heavy atom. The fourth-order valence-corrected chi connectivity index (χ4v) is 2.00. The molecule has 1 aromatic heterocycles. The van der Waals surface area contributed by atoms with Gasteiger partial charge in [0.2, 0.25) is 0 Å². The summed E-state index contributed by atoms with van der Waals surface area (Å²) in [6.45, 7) is 3.62. The Labute approximate surface area is 86.9 Å². The van der Waals surface area contributed by atoms with Gasteiger partial charge in [0, 0.05) is 18.4 Å². The number of carboxylic acid groups (broad SMARTS) is 1. The Kier molecular flexibility index (Phi) is 2.14. The van der Waals surface area contributed by atoms with Crippen molar-refractivity contribution in [2.24, 2.45) is 5.92 Å². The highest BCUT2D eigenvalue weighted by Crippen LogP contribution is 2.31. The van der Waals surface area contributed by atoms with E-state index in [1.165, 1.54) is 0 Å². The molecule has 0 amide bonds. The quantitative estimate of drug-likeness (QED) is 0.763. The highest BCUT2D eigenvalue weighted by molar-refractivity contribution is 6.01. The number of fused-ring (bicyclic) bond motifs is 1. The van der Waals surface area contributed by atoms with Crippen LogP contribution in [0.25, 0.3) is 0 Å². The van der Waals surface area contributed by atoms with E-state index in [0.29, 0.717) is 23.5 Å². The molecule has 15 heavy (non-hydrogen) atoms. The van der Waals surface area contributed by atoms with E-state index in [9.17, 15) is 9.59 Å². The largest absolute Gasteiger partial charge is 0.481 e. The molecule has 2 rings (SSSR count). The van der Waals surface area contributed by atoms with Crippen molar-refractivity contribution in [2.75, 3.05) is 0 Å². The van der Waals surface area contributed by atoms with Crippen molar-refractivity contribution >= 4 is 11.8 Å². The Bertz CT molecular complexity index is 442. The minimum Gasteiger partial charge on any atom is -0.481 e. The summed E-state index contributed by atoms with van der Waals surface area (Å²) in [5.41, 5.74) is 1.45. The molecule has 1 atom stereocenters. The number of rotatable bonds is 1. The lowest BCUT2D eigenvalue weighted by Gasteiger charge is -2.16. The van der Waals surface area contributed by atoms with Crippen LogP contribution in [0.2, 0.25) is 0 Å². The number of ketones is 1. The first-order valence-corrected chi connectivity index (χ1v) is 4.85. The molecule has 0 spiro atoms. The van der Waals surface area contributed by atoms with Crippen LogP contribution in [0.5, 0.6) is 0 Å². The monoisotopic (exact) mass is 208 g/mol. The van der Waals surface area contributed by atoms with Gasteiger partial charge in [-0.2, -0.15) is 0 Å². The minimum atomic E-state index is -0.930. The van der Waals surface area contributed by atoms with Crippen LogP contribution in [0.3, 0.4) is 0 Å². The Balaban J connectivity index is 2.45. The molecule has 0 saturated carbocycles. The van der Waals surface area contributed by atoms with E-state index in [4.69, 9.17) is 9.52 Å². The summed E-state index contributed by atoms with van der Waals surface area (Å²) >= 11 is 0.